The Morgan fingerprint density at radius 1 is 1.22 bits per heavy atom. The Labute approximate surface area is 131 Å². The number of hydrogen-bond donors (Lipinski definition) is 1. The van der Waals surface area contributed by atoms with Crippen LogP contribution in [0.1, 0.15) is 36.1 Å². The average molecular weight is 312 g/mol. The zero-order chi connectivity index (χ0) is 15.6. The molecule has 0 amide bonds. The lowest BCUT2D eigenvalue weighted by molar-refractivity contribution is -0.0268. The van der Waals surface area contributed by atoms with Crippen molar-refractivity contribution in [2.24, 2.45) is 0 Å². The van der Waals surface area contributed by atoms with Crippen molar-refractivity contribution >= 4 is 16.9 Å². The van der Waals surface area contributed by atoms with Gasteiger partial charge in [-0.1, -0.05) is 5.16 Å². The smallest absolute Gasteiger partial charge is 0.164 e. The minimum absolute atomic E-state index is 0.177. The van der Waals surface area contributed by atoms with Crippen molar-refractivity contribution in [2.45, 2.75) is 31.7 Å². The highest BCUT2D eigenvalue weighted by molar-refractivity contribution is 5.98. The van der Waals surface area contributed by atoms with Crippen LogP contribution in [0.15, 0.2) is 10.9 Å². The van der Waals surface area contributed by atoms with Gasteiger partial charge in [-0.05, 0) is 19.8 Å². The van der Waals surface area contributed by atoms with Gasteiger partial charge in [0, 0.05) is 11.5 Å². The van der Waals surface area contributed by atoms with E-state index in [4.69, 9.17) is 20.1 Å². The quantitative estimate of drug-likeness (QED) is 0.786. The molecule has 1 saturated heterocycles. The van der Waals surface area contributed by atoms with Crippen LogP contribution in [-0.2, 0) is 4.74 Å². The molecule has 23 heavy (non-hydrogen) atoms. The third kappa shape index (κ3) is 1.81. The lowest BCUT2D eigenvalue weighted by Gasteiger charge is -2.26. The fourth-order valence-electron chi connectivity index (χ4n) is 3.08. The molecule has 1 saturated carbocycles. The van der Waals surface area contributed by atoms with Gasteiger partial charge in [-0.2, -0.15) is 5.10 Å². The molecule has 2 fully saturated rings. The van der Waals surface area contributed by atoms with Crippen molar-refractivity contribution in [2.75, 3.05) is 18.9 Å². The Hall–Kier alpha value is -2.48. The maximum atomic E-state index is 6.10. The van der Waals surface area contributed by atoms with Crippen molar-refractivity contribution in [1.29, 1.82) is 0 Å². The maximum Gasteiger partial charge on any atom is 0.164 e. The van der Waals surface area contributed by atoms with Crippen molar-refractivity contribution in [3.05, 3.63) is 17.7 Å². The van der Waals surface area contributed by atoms with Gasteiger partial charge in [0.1, 0.15) is 35.3 Å². The Balaban J connectivity index is 1.74. The first-order chi connectivity index (χ1) is 11.2. The van der Waals surface area contributed by atoms with Crippen LogP contribution in [0.25, 0.3) is 22.4 Å². The summed E-state index contributed by atoms with van der Waals surface area (Å²) >= 11 is 0. The molecule has 0 bridgehead atoms. The third-order valence-corrected chi connectivity index (χ3v) is 4.62. The van der Waals surface area contributed by atoms with Gasteiger partial charge in [0.2, 0.25) is 0 Å². The summed E-state index contributed by atoms with van der Waals surface area (Å²) in [4.78, 5) is 8.49. The molecule has 2 aliphatic rings. The van der Waals surface area contributed by atoms with E-state index in [1.165, 1.54) is 6.33 Å². The molecule has 3 aromatic rings. The first-order valence-electron chi connectivity index (χ1n) is 7.77. The Morgan fingerprint density at radius 3 is 2.74 bits per heavy atom. The first kappa shape index (κ1) is 13.0. The van der Waals surface area contributed by atoms with Gasteiger partial charge in [-0.3, -0.25) is 0 Å². The number of aromatic nitrogens is 5. The van der Waals surface area contributed by atoms with E-state index in [0.29, 0.717) is 30.6 Å². The molecule has 0 spiro atoms. The maximum absolute atomic E-state index is 6.10. The van der Waals surface area contributed by atoms with Crippen LogP contribution in [0.5, 0.6) is 0 Å². The van der Waals surface area contributed by atoms with Gasteiger partial charge in [-0.15, -0.1) is 0 Å². The number of fused-ring (bicyclic) bond motifs is 1. The number of hydrogen-bond acceptors (Lipinski definition) is 7. The lowest BCUT2D eigenvalue weighted by Crippen LogP contribution is -2.31. The number of nitrogens with two attached hydrogens (primary N) is 1. The zero-order valence-corrected chi connectivity index (χ0v) is 12.7. The predicted octanol–water partition coefficient (Wildman–Crippen LogP) is 1.82. The summed E-state index contributed by atoms with van der Waals surface area (Å²) in [5.41, 5.74) is 9.28. The van der Waals surface area contributed by atoms with Crippen LogP contribution in [0, 0.1) is 6.92 Å². The molecule has 8 nitrogen and oxygen atoms in total. The molecule has 0 atom stereocenters. The minimum atomic E-state index is 0.177. The van der Waals surface area contributed by atoms with E-state index in [1.54, 1.807) is 0 Å². The monoisotopic (exact) mass is 312 g/mol. The van der Waals surface area contributed by atoms with Gasteiger partial charge in [-0.25, -0.2) is 14.6 Å². The van der Waals surface area contributed by atoms with Crippen molar-refractivity contribution < 1.29 is 9.26 Å². The standard InChI is InChI=1S/C15H16N6O2/c1-7-11(20-23-13(7)8-2-3-8)12-10-14(16)17-6-18-15(10)21(19-12)9-4-22-5-9/h6,8-9H,2-5H2,1H3,(H2,16,17,18). The van der Waals surface area contributed by atoms with Crippen LogP contribution in [0.4, 0.5) is 5.82 Å². The van der Waals surface area contributed by atoms with Crippen molar-refractivity contribution in [1.82, 2.24) is 24.9 Å². The summed E-state index contributed by atoms with van der Waals surface area (Å²) in [5, 5.41) is 9.72. The van der Waals surface area contributed by atoms with E-state index < -0.39 is 0 Å². The summed E-state index contributed by atoms with van der Waals surface area (Å²) in [6.07, 6.45) is 3.79. The van der Waals surface area contributed by atoms with Crippen molar-refractivity contribution in [3.63, 3.8) is 0 Å². The number of anilines is 1. The van der Waals surface area contributed by atoms with Crippen molar-refractivity contribution in [3.8, 4) is 11.4 Å². The molecule has 4 heterocycles. The van der Waals surface area contributed by atoms with E-state index in [9.17, 15) is 0 Å². The predicted molar refractivity (Wildman–Crippen MR) is 81.8 cm³/mol. The second kappa shape index (κ2) is 4.51. The number of nitrogens with zero attached hydrogens (tertiary/aromatic N) is 5. The topological polar surface area (TPSA) is 105 Å². The molecular formula is C15H16N6O2. The van der Waals surface area contributed by atoms with E-state index in [2.05, 4.69) is 15.1 Å². The molecular weight excluding hydrogens is 296 g/mol. The van der Waals surface area contributed by atoms with Gasteiger partial charge >= 0.3 is 0 Å². The van der Waals surface area contributed by atoms with Gasteiger partial charge in [0.05, 0.1) is 18.6 Å². The highest BCUT2D eigenvalue weighted by atomic mass is 16.5. The lowest BCUT2D eigenvalue weighted by atomic mass is 10.1. The minimum Gasteiger partial charge on any atom is -0.383 e. The van der Waals surface area contributed by atoms with Gasteiger partial charge in [0.15, 0.2) is 5.65 Å². The molecule has 8 heteroatoms. The molecule has 5 rings (SSSR count). The zero-order valence-electron chi connectivity index (χ0n) is 12.7. The number of ether oxygens (including phenoxy) is 1. The Bertz CT molecular complexity index is 906. The summed E-state index contributed by atoms with van der Waals surface area (Å²) in [7, 11) is 0. The van der Waals surface area contributed by atoms with Crippen LogP contribution in [-0.4, -0.2) is 38.1 Å². The van der Waals surface area contributed by atoms with Crippen LogP contribution in [0.3, 0.4) is 0 Å². The fraction of sp³-hybridized carbons (Fsp3) is 0.467. The van der Waals surface area contributed by atoms with E-state index in [1.807, 2.05) is 11.6 Å². The van der Waals surface area contributed by atoms with Crippen LogP contribution in [0.2, 0.25) is 0 Å². The normalized spacial score (nSPS) is 18.5. The van der Waals surface area contributed by atoms with Gasteiger partial charge in [0.25, 0.3) is 0 Å². The highest BCUT2D eigenvalue weighted by Crippen LogP contribution is 2.44. The molecule has 0 unspecified atom stereocenters. The second-order valence-corrected chi connectivity index (χ2v) is 6.24. The summed E-state index contributed by atoms with van der Waals surface area (Å²) in [6, 6.07) is 0.177. The van der Waals surface area contributed by atoms with E-state index in [0.717, 1.165) is 40.9 Å². The summed E-state index contributed by atoms with van der Waals surface area (Å²) in [6.45, 7) is 3.29. The summed E-state index contributed by atoms with van der Waals surface area (Å²) < 4.78 is 12.7. The molecule has 118 valence electrons. The first-order valence-corrected chi connectivity index (χ1v) is 7.77. The fourth-order valence-corrected chi connectivity index (χ4v) is 3.08. The molecule has 1 aliphatic carbocycles. The Kier molecular flexibility index (Phi) is 2.55. The number of nitrogen functional groups attached to an aromatic ring is 1. The SMILES string of the molecule is Cc1c(-c2nn(C3COC3)c3ncnc(N)c23)noc1C1CC1. The van der Waals surface area contributed by atoms with Crippen LogP contribution >= 0.6 is 0 Å². The summed E-state index contributed by atoms with van der Waals surface area (Å²) in [5.74, 6) is 1.87. The van der Waals surface area contributed by atoms with E-state index in [-0.39, 0.29) is 6.04 Å². The molecule has 1 aliphatic heterocycles. The second-order valence-electron chi connectivity index (χ2n) is 6.24. The highest BCUT2D eigenvalue weighted by Gasteiger charge is 2.33. The Morgan fingerprint density at radius 2 is 2.04 bits per heavy atom. The van der Waals surface area contributed by atoms with Gasteiger partial charge < -0.3 is 15.0 Å². The van der Waals surface area contributed by atoms with Crippen LogP contribution < -0.4 is 5.73 Å². The average Bonchev–Trinajstić information content (AvgIpc) is 3.16. The molecule has 0 aromatic carbocycles. The largest absolute Gasteiger partial charge is 0.383 e. The molecule has 3 aromatic heterocycles. The number of rotatable bonds is 3. The molecule has 0 radical (unpaired) electrons. The van der Waals surface area contributed by atoms with E-state index >= 15 is 0 Å². The third-order valence-electron chi connectivity index (χ3n) is 4.62. The molecule has 2 N–H and O–H groups in total.